The van der Waals surface area contributed by atoms with Crippen LogP contribution in [0.3, 0.4) is 0 Å². The zero-order chi connectivity index (χ0) is 13.8. The molecule has 2 aliphatic rings. The maximum atomic E-state index is 3.74. The summed E-state index contributed by atoms with van der Waals surface area (Å²) in [6.07, 6.45) is 4.20. The molecule has 0 bridgehead atoms. The lowest BCUT2D eigenvalue weighted by atomic mass is 9.79. The lowest BCUT2D eigenvalue weighted by Gasteiger charge is -2.32. The molecular formula is C17H25NS2. The van der Waals surface area contributed by atoms with Gasteiger partial charge >= 0.3 is 0 Å². The Kier molecular flexibility index (Phi) is 5.36. The molecule has 1 aliphatic heterocycles. The Labute approximate surface area is 131 Å². The molecule has 3 heteroatoms. The largest absolute Gasteiger partial charge is 0.309 e. The maximum Gasteiger partial charge on any atom is 0.0448 e. The highest BCUT2D eigenvalue weighted by Crippen LogP contribution is 2.39. The van der Waals surface area contributed by atoms with Gasteiger partial charge in [0, 0.05) is 28.6 Å². The highest BCUT2D eigenvalue weighted by Gasteiger charge is 2.26. The molecule has 2 unspecified atom stereocenters. The molecule has 1 saturated heterocycles. The van der Waals surface area contributed by atoms with Gasteiger partial charge in [0.05, 0.1) is 0 Å². The lowest BCUT2D eigenvalue weighted by Crippen LogP contribution is -2.33. The highest BCUT2D eigenvalue weighted by atomic mass is 32.2. The van der Waals surface area contributed by atoms with Gasteiger partial charge in [0.1, 0.15) is 0 Å². The van der Waals surface area contributed by atoms with Gasteiger partial charge in [0.25, 0.3) is 0 Å². The number of hydrogen-bond acceptors (Lipinski definition) is 3. The van der Waals surface area contributed by atoms with Crippen LogP contribution in [-0.4, -0.2) is 29.1 Å². The van der Waals surface area contributed by atoms with Crippen molar-refractivity contribution in [2.24, 2.45) is 0 Å². The van der Waals surface area contributed by atoms with E-state index >= 15 is 0 Å². The molecule has 2 fully saturated rings. The molecule has 1 aromatic rings. The van der Waals surface area contributed by atoms with Gasteiger partial charge in [-0.25, -0.2) is 0 Å². The molecule has 0 amide bonds. The van der Waals surface area contributed by atoms with E-state index < -0.39 is 0 Å². The van der Waals surface area contributed by atoms with Crippen LogP contribution < -0.4 is 5.32 Å². The smallest absolute Gasteiger partial charge is 0.0448 e. The summed E-state index contributed by atoms with van der Waals surface area (Å²) in [5.74, 6) is 4.75. The van der Waals surface area contributed by atoms with E-state index in [1.54, 1.807) is 5.56 Å². The van der Waals surface area contributed by atoms with E-state index in [2.05, 4.69) is 60.0 Å². The molecule has 0 spiro atoms. The second-order valence-electron chi connectivity index (χ2n) is 5.82. The van der Waals surface area contributed by atoms with E-state index in [0.29, 0.717) is 6.04 Å². The van der Waals surface area contributed by atoms with Crippen LogP contribution in [0.2, 0.25) is 0 Å². The zero-order valence-electron chi connectivity index (χ0n) is 12.3. The molecule has 20 heavy (non-hydrogen) atoms. The second-order valence-corrected chi connectivity index (χ2v) is 8.31. The van der Waals surface area contributed by atoms with Gasteiger partial charge in [0.2, 0.25) is 0 Å². The molecule has 1 N–H and O–H groups in total. The van der Waals surface area contributed by atoms with Crippen molar-refractivity contribution < 1.29 is 0 Å². The van der Waals surface area contributed by atoms with Gasteiger partial charge < -0.3 is 5.32 Å². The predicted molar refractivity (Wildman–Crippen MR) is 93.0 cm³/mol. The van der Waals surface area contributed by atoms with Gasteiger partial charge in [-0.05, 0) is 36.4 Å². The fourth-order valence-corrected chi connectivity index (χ4v) is 6.00. The first-order chi connectivity index (χ1) is 9.88. The first kappa shape index (κ1) is 14.8. The first-order valence-corrected chi connectivity index (χ1v) is 10.1. The van der Waals surface area contributed by atoms with E-state index in [-0.39, 0.29) is 0 Å². The third-order valence-corrected chi connectivity index (χ3v) is 7.35. The fourth-order valence-electron chi connectivity index (χ4n) is 3.13. The normalized spacial score (nSPS) is 25.1. The number of hydrogen-bond donors (Lipinski definition) is 1. The van der Waals surface area contributed by atoms with Crippen molar-refractivity contribution in [2.75, 3.05) is 23.8 Å². The molecule has 2 atom stereocenters. The van der Waals surface area contributed by atoms with Gasteiger partial charge in [-0.15, -0.1) is 0 Å². The number of nitrogens with one attached hydrogen (secondary N) is 1. The summed E-state index contributed by atoms with van der Waals surface area (Å²) in [5.41, 5.74) is 3.08. The van der Waals surface area contributed by atoms with E-state index in [9.17, 15) is 0 Å². The highest BCUT2D eigenvalue weighted by molar-refractivity contribution is 8.06. The fraction of sp³-hybridized carbons (Fsp3) is 0.647. The number of thioether (sulfide) groups is 2. The van der Waals surface area contributed by atoms with E-state index in [0.717, 1.165) is 17.7 Å². The minimum absolute atomic E-state index is 0.526. The summed E-state index contributed by atoms with van der Waals surface area (Å²) in [4.78, 5) is 0. The van der Waals surface area contributed by atoms with Gasteiger partial charge in [0.15, 0.2) is 0 Å². The second kappa shape index (κ2) is 7.24. The van der Waals surface area contributed by atoms with Crippen molar-refractivity contribution in [3.63, 3.8) is 0 Å². The average Bonchev–Trinajstić information content (AvgIpc) is 2.44. The van der Waals surface area contributed by atoms with Crippen LogP contribution in [0.25, 0.3) is 0 Å². The molecule has 1 aromatic carbocycles. The number of rotatable bonds is 5. The molecule has 1 heterocycles. The van der Waals surface area contributed by atoms with Gasteiger partial charge in [-0.2, -0.15) is 23.5 Å². The van der Waals surface area contributed by atoms with Crippen LogP contribution in [0.1, 0.15) is 49.3 Å². The summed E-state index contributed by atoms with van der Waals surface area (Å²) >= 11 is 4.27. The Balaban J connectivity index is 1.78. The van der Waals surface area contributed by atoms with Crippen molar-refractivity contribution >= 4 is 23.5 Å². The minimum atomic E-state index is 0.526. The third-order valence-electron chi connectivity index (χ3n) is 4.48. The number of benzene rings is 1. The van der Waals surface area contributed by atoms with Crippen LogP contribution in [-0.2, 0) is 0 Å². The summed E-state index contributed by atoms with van der Waals surface area (Å²) in [6.45, 7) is 3.28. The molecule has 0 aromatic heterocycles. The van der Waals surface area contributed by atoms with Crippen molar-refractivity contribution in [1.82, 2.24) is 5.32 Å². The Morgan fingerprint density at radius 2 is 2.20 bits per heavy atom. The maximum absolute atomic E-state index is 3.74. The summed E-state index contributed by atoms with van der Waals surface area (Å²) in [7, 11) is 0. The lowest BCUT2D eigenvalue weighted by molar-refractivity contribution is 0.419. The molecule has 110 valence electrons. The van der Waals surface area contributed by atoms with Crippen molar-refractivity contribution in [2.45, 2.75) is 43.4 Å². The summed E-state index contributed by atoms with van der Waals surface area (Å²) in [5, 5.41) is 4.46. The zero-order valence-corrected chi connectivity index (χ0v) is 13.9. The molecule has 0 radical (unpaired) electrons. The molecule has 1 saturated carbocycles. The van der Waals surface area contributed by atoms with Crippen LogP contribution in [0.15, 0.2) is 24.3 Å². The third kappa shape index (κ3) is 3.37. The minimum Gasteiger partial charge on any atom is -0.309 e. The van der Waals surface area contributed by atoms with E-state index in [1.165, 1.54) is 42.1 Å². The monoisotopic (exact) mass is 307 g/mol. The first-order valence-electron chi connectivity index (χ1n) is 7.91. The standard InChI is InChI=1S/C17H25NS2/c1-2-18-17(16-12-19-9-10-20-16)15-8-4-7-14(11-15)13-5-3-6-13/h4,7-8,11,13,16-18H,2-3,5-6,9-10,12H2,1H3. The molecule has 1 nitrogen and oxygen atoms in total. The van der Waals surface area contributed by atoms with Crippen molar-refractivity contribution in [3.05, 3.63) is 35.4 Å². The molecule has 1 aliphatic carbocycles. The Bertz CT molecular complexity index is 425. The predicted octanol–water partition coefficient (Wildman–Crippen LogP) is 4.45. The van der Waals surface area contributed by atoms with E-state index in [1.807, 2.05) is 0 Å². The molecular weight excluding hydrogens is 282 g/mol. The summed E-state index contributed by atoms with van der Waals surface area (Å²) in [6, 6.07) is 9.94. The van der Waals surface area contributed by atoms with Crippen LogP contribution in [0.4, 0.5) is 0 Å². The van der Waals surface area contributed by atoms with Crippen LogP contribution in [0, 0.1) is 0 Å². The Morgan fingerprint density at radius 3 is 2.85 bits per heavy atom. The van der Waals surface area contributed by atoms with Crippen LogP contribution in [0.5, 0.6) is 0 Å². The Hall–Kier alpha value is -0.120. The van der Waals surface area contributed by atoms with Crippen LogP contribution >= 0.6 is 23.5 Å². The molecule has 3 rings (SSSR count). The van der Waals surface area contributed by atoms with E-state index in [4.69, 9.17) is 0 Å². The average molecular weight is 308 g/mol. The van der Waals surface area contributed by atoms with Gasteiger partial charge in [-0.1, -0.05) is 37.6 Å². The Morgan fingerprint density at radius 1 is 1.30 bits per heavy atom. The SMILES string of the molecule is CCNC(c1cccc(C2CCC2)c1)C1CSCCS1. The van der Waals surface area contributed by atoms with Gasteiger partial charge in [-0.3, -0.25) is 0 Å². The van der Waals surface area contributed by atoms with Crippen molar-refractivity contribution in [3.8, 4) is 0 Å². The topological polar surface area (TPSA) is 12.0 Å². The summed E-state index contributed by atoms with van der Waals surface area (Å²) < 4.78 is 0. The quantitative estimate of drug-likeness (QED) is 0.863. The van der Waals surface area contributed by atoms with Crippen molar-refractivity contribution in [1.29, 1.82) is 0 Å².